The van der Waals surface area contributed by atoms with Crippen LogP contribution in [0.3, 0.4) is 0 Å². The van der Waals surface area contributed by atoms with Crippen LogP contribution in [-0.2, 0) is 4.79 Å². The summed E-state index contributed by atoms with van der Waals surface area (Å²) in [6.07, 6.45) is 1.21. The van der Waals surface area contributed by atoms with Gasteiger partial charge in [-0.05, 0) is 24.3 Å². The summed E-state index contributed by atoms with van der Waals surface area (Å²) in [5.74, 6) is -0.106. The molecule has 0 bridgehead atoms. The smallest absolute Gasteiger partial charge is 0.239 e. The first-order valence-corrected chi connectivity index (χ1v) is 6.75. The van der Waals surface area contributed by atoms with E-state index in [1.165, 1.54) is 11.3 Å². The van der Waals surface area contributed by atoms with E-state index in [1.54, 1.807) is 11.4 Å². The predicted molar refractivity (Wildman–Crippen MR) is 69.3 cm³/mol. The minimum Gasteiger partial charge on any atom is -0.393 e. The Morgan fingerprint density at radius 3 is 3.00 bits per heavy atom. The van der Waals surface area contributed by atoms with Gasteiger partial charge in [0.1, 0.15) is 11.1 Å². The van der Waals surface area contributed by atoms with Crippen LogP contribution in [0.2, 0.25) is 0 Å². The molecular weight excluding hydrogens is 250 g/mol. The molecule has 0 aromatic carbocycles. The lowest BCUT2D eigenvalue weighted by Crippen LogP contribution is -2.40. The van der Waals surface area contributed by atoms with Crippen LogP contribution >= 0.6 is 11.3 Å². The van der Waals surface area contributed by atoms with Crippen LogP contribution in [0.1, 0.15) is 18.4 Å². The van der Waals surface area contributed by atoms with Crippen molar-refractivity contribution < 1.29 is 9.90 Å². The normalized spacial score (nSPS) is 17.3. The average Bonchev–Trinajstić information content (AvgIpc) is 2.79. The SMILES string of the molecule is N#Cc1ccsc1NC(=O)CN1CCC(O)CC1. The number of carbonyl (C=O) groups excluding carboxylic acids is 1. The molecule has 6 heteroatoms. The van der Waals surface area contributed by atoms with Crippen molar-refractivity contribution in [2.75, 3.05) is 25.0 Å². The lowest BCUT2D eigenvalue weighted by Gasteiger charge is -2.28. The first kappa shape index (κ1) is 13.0. The van der Waals surface area contributed by atoms with E-state index in [0.29, 0.717) is 17.1 Å². The number of nitrogens with one attached hydrogen (secondary N) is 1. The lowest BCUT2D eigenvalue weighted by molar-refractivity contribution is -0.117. The minimum absolute atomic E-state index is 0.106. The summed E-state index contributed by atoms with van der Waals surface area (Å²) in [7, 11) is 0. The van der Waals surface area contributed by atoms with Crippen LogP contribution in [-0.4, -0.2) is 41.7 Å². The summed E-state index contributed by atoms with van der Waals surface area (Å²) in [4.78, 5) is 13.8. The maximum absolute atomic E-state index is 11.8. The van der Waals surface area contributed by atoms with Crippen molar-refractivity contribution in [2.45, 2.75) is 18.9 Å². The molecule has 96 valence electrons. The summed E-state index contributed by atoms with van der Waals surface area (Å²) >= 11 is 1.35. The number of hydrogen-bond donors (Lipinski definition) is 2. The fraction of sp³-hybridized carbons (Fsp3) is 0.500. The molecule has 2 rings (SSSR count). The number of thiophene rings is 1. The summed E-state index contributed by atoms with van der Waals surface area (Å²) in [6.45, 7) is 1.80. The third-order valence-corrected chi connectivity index (χ3v) is 3.79. The van der Waals surface area contributed by atoms with E-state index >= 15 is 0 Å². The molecule has 0 unspecified atom stereocenters. The first-order valence-electron chi connectivity index (χ1n) is 5.87. The molecule has 18 heavy (non-hydrogen) atoms. The second-order valence-electron chi connectivity index (χ2n) is 4.33. The molecule has 2 N–H and O–H groups in total. The number of hydrogen-bond acceptors (Lipinski definition) is 5. The van der Waals surface area contributed by atoms with E-state index in [1.807, 2.05) is 11.0 Å². The largest absolute Gasteiger partial charge is 0.393 e. The molecule has 1 aliphatic rings. The van der Waals surface area contributed by atoms with E-state index in [2.05, 4.69) is 5.32 Å². The van der Waals surface area contributed by atoms with Crippen molar-refractivity contribution in [1.82, 2.24) is 4.90 Å². The van der Waals surface area contributed by atoms with Crippen molar-refractivity contribution in [2.24, 2.45) is 0 Å². The highest BCUT2D eigenvalue weighted by atomic mass is 32.1. The molecule has 2 heterocycles. The van der Waals surface area contributed by atoms with Crippen molar-refractivity contribution in [3.05, 3.63) is 17.0 Å². The monoisotopic (exact) mass is 265 g/mol. The molecule has 1 aromatic heterocycles. The molecule has 0 atom stereocenters. The molecule has 5 nitrogen and oxygen atoms in total. The van der Waals surface area contributed by atoms with Crippen LogP contribution in [0.4, 0.5) is 5.00 Å². The quantitative estimate of drug-likeness (QED) is 0.855. The fourth-order valence-electron chi connectivity index (χ4n) is 1.94. The van der Waals surface area contributed by atoms with Crippen LogP contribution in [0.15, 0.2) is 11.4 Å². The van der Waals surface area contributed by atoms with Gasteiger partial charge in [0, 0.05) is 13.1 Å². The molecule has 1 fully saturated rings. The van der Waals surface area contributed by atoms with Gasteiger partial charge in [-0.2, -0.15) is 5.26 Å². The number of nitriles is 1. The first-order chi connectivity index (χ1) is 8.69. The van der Waals surface area contributed by atoms with Gasteiger partial charge < -0.3 is 10.4 Å². The number of likely N-dealkylation sites (tertiary alicyclic amines) is 1. The molecule has 1 aliphatic heterocycles. The van der Waals surface area contributed by atoms with Crippen molar-refractivity contribution >= 4 is 22.2 Å². The van der Waals surface area contributed by atoms with Crippen LogP contribution in [0, 0.1) is 11.3 Å². The number of nitrogens with zero attached hydrogens (tertiary/aromatic N) is 2. The van der Waals surface area contributed by atoms with Gasteiger partial charge in [-0.1, -0.05) is 0 Å². The third-order valence-electron chi connectivity index (χ3n) is 2.96. The Kier molecular flexibility index (Phi) is 4.31. The predicted octanol–water partition coefficient (Wildman–Crippen LogP) is 1.01. The Morgan fingerprint density at radius 1 is 1.61 bits per heavy atom. The topological polar surface area (TPSA) is 76.4 Å². The van der Waals surface area contributed by atoms with Crippen molar-refractivity contribution in [1.29, 1.82) is 5.26 Å². The zero-order valence-corrected chi connectivity index (χ0v) is 10.7. The van der Waals surface area contributed by atoms with Gasteiger partial charge in [0.05, 0.1) is 18.2 Å². The molecule has 1 saturated heterocycles. The summed E-state index contributed by atoms with van der Waals surface area (Å²) < 4.78 is 0. The number of piperidine rings is 1. The second-order valence-corrected chi connectivity index (χ2v) is 5.25. The zero-order chi connectivity index (χ0) is 13.0. The summed E-state index contributed by atoms with van der Waals surface area (Å²) in [5.41, 5.74) is 0.502. The van der Waals surface area contributed by atoms with Gasteiger partial charge in [-0.25, -0.2) is 0 Å². The third kappa shape index (κ3) is 3.29. The maximum Gasteiger partial charge on any atom is 0.239 e. The molecule has 0 spiro atoms. The Bertz CT molecular complexity index is 458. The highest BCUT2D eigenvalue weighted by Gasteiger charge is 2.19. The highest BCUT2D eigenvalue weighted by molar-refractivity contribution is 7.14. The molecule has 1 aromatic rings. The lowest BCUT2D eigenvalue weighted by atomic mass is 10.1. The van der Waals surface area contributed by atoms with Gasteiger partial charge in [0.2, 0.25) is 5.91 Å². The van der Waals surface area contributed by atoms with E-state index in [-0.39, 0.29) is 12.0 Å². The molecular formula is C12H15N3O2S. The minimum atomic E-state index is -0.230. The number of amides is 1. The molecule has 0 radical (unpaired) electrons. The number of carbonyl (C=O) groups is 1. The average molecular weight is 265 g/mol. The summed E-state index contributed by atoms with van der Waals surface area (Å²) in [6, 6.07) is 3.73. The fourth-order valence-corrected chi connectivity index (χ4v) is 2.69. The van der Waals surface area contributed by atoms with Gasteiger partial charge in [0.25, 0.3) is 0 Å². The summed E-state index contributed by atoms with van der Waals surface area (Å²) in [5, 5.41) is 23.4. The van der Waals surface area contributed by atoms with Gasteiger partial charge in [-0.3, -0.25) is 9.69 Å². The Hall–Kier alpha value is -1.42. The number of aliphatic hydroxyl groups excluding tert-OH is 1. The van der Waals surface area contributed by atoms with Crippen molar-refractivity contribution in [3.63, 3.8) is 0 Å². The van der Waals surface area contributed by atoms with Crippen LogP contribution in [0.5, 0.6) is 0 Å². The molecule has 1 amide bonds. The van der Waals surface area contributed by atoms with E-state index in [0.717, 1.165) is 25.9 Å². The molecule has 0 aliphatic carbocycles. The zero-order valence-electron chi connectivity index (χ0n) is 9.93. The van der Waals surface area contributed by atoms with E-state index < -0.39 is 0 Å². The van der Waals surface area contributed by atoms with Gasteiger partial charge in [-0.15, -0.1) is 11.3 Å². The van der Waals surface area contributed by atoms with Crippen LogP contribution in [0.25, 0.3) is 0 Å². The number of anilines is 1. The Labute approximate surface area is 110 Å². The standard InChI is InChI=1S/C12H15N3O2S/c13-7-9-3-6-18-12(9)14-11(17)8-15-4-1-10(16)2-5-15/h3,6,10,16H,1-2,4-5,8H2,(H,14,17). The van der Waals surface area contributed by atoms with Crippen LogP contribution < -0.4 is 5.32 Å². The van der Waals surface area contributed by atoms with E-state index in [9.17, 15) is 9.90 Å². The van der Waals surface area contributed by atoms with Gasteiger partial charge >= 0.3 is 0 Å². The second kappa shape index (κ2) is 5.96. The Balaban J connectivity index is 1.84. The van der Waals surface area contributed by atoms with E-state index in [4.69, 9.17) is 5.26 Å². The Morgan fingerprint density at radius 2 is 2.33 bits per heavy atom. The van der Waals surface area contributed by atoms with Crippen molar-refractivity contribution in [3.8, 4) is 6.07 Å². The number of aliphatic hydroxyl groups is 1. The highest BCUT2D eigenvalue weighted by Crippen LogP contribution is 2.22. The molecule has 0 saturated carbocycles. The van der Waals surface area contributed by atoms with Gasteiger partial charge in [0.15, 0.2) is 0 Å². The maximum atomic E-state index is 11.8. The number of rotatable bonds is 3.